The second-order valence-corrected chi connectivity index (χ2v) is 4.01. The molecule has 0 aromatic carbocycles. The molecule has 4 heteroatoms. The molecule has 1 unspecified atom stereocenters. The van der Waals surface area contributed by atoms with Gasteiger partial charge in [0.05, 0.1) is 0 Å². The molecule has 1 fully saturated rings. The molecular formula is C10H15ClN2O. The highest BCUT2D eigenvalue weighted by molar-refractivity contribution is 6.21. The molecule has 2 rings (SSSR count). The fraction of sp³-hybridized carbons (Fsp3) is 0.600. The van der Waals surface area contributed by atoms with E-state index < -0.39 is 0 Å². The number of nitrogens with one attached hydrogen (secondary N) is 2. The minimum atomic E-state index is -0.142. The van der Waals surface area contributed by atoms with Gasteiger partial charge in [-0.2, -0.15) is 0 Å². The lowest BCUT2D eigenvalue weighted by Crippen LogP contribution is -2.32. The first-order valence-electron chi connectivity index (χ1n) is 5.00. The summed E-state index contributed by atoms with van der Waals surface area (Å²) in [6.07, 6.45) is 8.13. The van der Waals surface area contributed by atoms with Crippen LogP contribution in [0.1, 0.15) is 12.8 Å². The number of hydrogen-bond acceptors (Lipinski definition) is 3. The largest absolute Gasteiger partial charge is 0.490 e. The van der Waals surface area contributed by atoms with E-state index in [2.05, 4.69) is 10.6 Å². The summed E-state index contributed by atoms with van der Waals surface area (Å²) in [5.41, 5.74) is -0.142. The van der Waals surface area contributed by atoms with Gasteiger partial charge >= 0.3 is 0 Å². The predicted octanol–water partition coefficient (Wildman–Crippen LogP) is 1.32. The number of ether oxygens (including phenoxy) is 1. The van der Waals surface area contributed by atoms with Crippen molar-refractivity contribution in [2.45, 2.75) is 24.4 Å². The Morgan fingerprint density at radius 2 is 2.14 bits per heavy atom. The molecule has 0 spiro atoms. The van der Waals surface area contributed by atoms with Gasteiger partial charge in [0.1, 0.15) is 17.4 Å². The van der Waals surface area contributed by atoms with Gasteiger partial charge in [-0.1, -0.05) is 11.6 Å². The first-order chi connectivity index (χ1) is 6.84. The van der Waals surface area contributed by atoms with Crippen LogP contribution in [0.4, 0.5) is 0 Å². The Balaban J connectivity index is 1.86. The molecule has 0 aromatic rings. The zero-order valence-corrected chi connectivity index (χ0v) is 8.76. The quantitative estimate of drug-likeness (QED) is 0.538. The SMILES string of the molecule is ClC1C=C(OC2CCNCC2)C=CN1. The molecule has 78 valence electrons. The van der Waals surface area contributed by atoms with Crippen molar-refractivity contribution in [2.24, 2.45) is 0 Å². The molecule has 3 nitrogen and oxygen atoms in total. The van der Waals surface area contributed by atoms with Crippen LogP contribution in [0.25, 0.3) is 0 Å². The van der Waals surface area contributed by atoms with Crippen molar-refractivity contribution >= 4 is 11.6 Å². The Labute approximate surface area is 89.1 Å². The first-order valence-corrected chi connectivity index (χ1v) is 5.44. The third kappa shape index (κ3) is 2.66. The lowest BCUT2D eigenvalue weighted by Gasteiger charge is -2.25. The van der Waals surface area contributed by atoms with Crippen molar-refractivity contribution in [3.05, 3.63) is 24.1 Å². The number of dihydropyridines is 1. The third-order valence-electron chi connectivity index (χ3n) is 2.40. The van der Waals surface area contributed by atoms with E-state index in [4.69, 9.17) is 16.3 Å². The molecule has 2 aliphatic rings. The molecule has 2 N–H and O–H groups in total. The summed E-state index contributed by atoms with van der Waals surface area (Å²) >= 11 is 5.90. The number of halogens is 1. The van der Waals surface area contributed by atoms with Crippen molar-refractivity contribution in [1.29, 1.82) is 0 Å². The van der Waals surface area contributed by atoms with Crippen LogP contribution >= 0.6 is 11.6 Å². The normalized spacial score (nSPS) is 28.1. The zero-order chi connectivity index (χ0) is 9.80. The Morgan fingerprint density at radius 1 is 1.36 bits per heavy atom. The second kappa shape index (κ2) is 4.71. The average molecular weight is 215 g/mol. The van der Waals surface area contributed by atoms with Crippen molar-refractivity contribution in [3.8, 4) is 0 Å². The maximum atomic E-state index is 5.90. The number of allylic oxidation sites excluding steroid dienone is 1. The first kappa shape index (κ1) is 9.87. The summed E-state index contributed by atoms with van der Waals surface area (Å²) in [5.74, 6) is 0.885. The van der Waals surface area contributed by atoms with E-state index in [1.165, 1.54) is 0 Å². The molecule has 0 amide bonds. The number of alkyl halides is 1. The van der Waals surface area contributed by atoms with Crippen molar-refractivity contribution < 1.29 is 4.74 Å². The van der Waals surface area contributed by atoms with Crippen molar-refractivity contribution in [3.63, 3.8) is 0 Å². The highest BCUT2D eigenvalue weighted by Crippen LogP contribution is 2.16. The van der Waals surface area contributed by atoms with E-state index in [1.807, 2.05) is 18.4 Å². The number of hydrogen-bond donors (Lipinski definition) is 2. The Kier molecular flexibility index (Phi) is 3.32. The molecule has 0 bridgehead atoms. The average Bonchev–Trinajstić information content (AvgIpc) is 2.19. The molecule has 1 atom stereocenters. The predicted molar refractivity (Wildman–Crippen MR) is 57.0 cm³/mol. The van der Waals surface area contributed by atoms with Crippen molar-refractivity contribution in [2.75, 3.05) is 13.1 Å². The van der Waals surface area contributed by atoms with Crippen LogP contribution < -0.4 is 10.6 Å². The van der Waals surface area contributed by atoms with Crippen LogP contribution in [-0.4, -0.2) is 24.7 Å². The third-order valence-corrected chi connectivity index (χ3v) is 2.65. The second-order valence-electron chi connectivity index (χ2n) is 3.54. The topological polar surface area (TPSA) is 33.3 Å². The lowest BCUT2D eigenvalue weighted by molar-refractivity contribution is 0.0947. The molecular weight excluding hydrogens is 200 g/mol. The summed E-state index contributed by atoms with van der Waals surface area (Å²) < 4.78 is 5.81. The zero-order valence-electron chi connectivity index (χ0n) is 8.00. The van der Waals surface area contributed by atoms with Crippen LogP contribution in [0.15, 0.2) is 24.1 Å². The van der Waals surface area contributed by atoms with Gasteiger partial charge in [0.2, 0.25) is 0 Å². The van der Waals surface area contributed by atoms with Gasteiger partial charge in [0, 0.05) is 6.20 Å². The monoisotopic (exact) mass is 214 g/mol. The maximum absolute atomic E-state index is 5.90. The highest BCUT2D eigenvalue weighted by atomic mass is 35.5. The maximum Gasteiger partial charge on any atom is 0.123 e. The molecule has 0 radical (unpaired) electrons. The molecule has 0 aromatic heterocycles. The lowest BCUT2D eigenvalue weighted by atomic mass is 10.1. The van der Waals surface area contributed by atoms with E-state index in [-0.39, 0.29) is 5.50 Å². The highest BCUT2D eigenvalue weighted by Gasteiger charge is 2.16. The summed E-state index contributed by atoms with van der Waals surface area (Å²) in [5, 5.41) is 6.27. The Morgan fingerprint density at radius 3 is 2.86 bits per heavy atom. The summed E-state index contributed by atoms with van der Waals surface area (Å²) in [6, 6.07) is 0. The summed E-state index contributed by atoms with van der Waals surface area (Å²) in [4.78, 5) is 0. The molecule has 2 aliphatic heterocycles. The Bertz CT molecular complexity index is 247. The van der Waals surface area contributed by atoms with E-state index in [9.17, 15) is 0 Å². The summed E-state index contributed by atoms with van der Waals surface area (Å²) in [7, 11) is 0. The van der Waals surface area contributed by atoms with Crippen LogP contribution in [0.5, 0.6) is 0 Å². The smallest absolute Gasteiger partial charge is 0.123 e. The fourth-order valence-corrected chi connectivity index (χ4v) is 1.85. The van der Waals surface area contributed by atoms with Gasteiger partial charge in [-0.25, -0.2) is 0 Å². The molecule has 2 heterocycles. The van der Waals surface area contributed by atoms with Gasteiger partial charge < -0.3 is 15.4 Å². The van der Waals surface area contributed by atoms with Crippen LogP contribution in [0.3, 0.4) is 0 Å². The van der Waals surface area contributed by atoms with Gasteiger partial charge in [0.25, 0.3) is 0 Å². The summed E-state index contributed by atoms with van der Waals surface area (Å²) in [6.45, 7) is 2.09. The fourth-order valence-electron chi connectivity index (χ4n) is 1.65. The van der Waals surface area contributed by atoms with Gasteiger partial charge in [0.15, 0.2) is 0 Å². The molecule has 0 aliphatic carbocycles. The van der Waals surface area contributed by atoms with E-state index in [0.29, 0.717) is 6.10 Å². The molecule has 1 saturated heterocycles. The minimum Gasteiger partial charge on any atom is -0.490 e. The van der Waals surface area contributed by atoms with Gasteiger partial charge in [-0.15, -0.1) is 0 Å². The van der Waals surface area contributed by atoms with Crippen LogP contribution in [-0.2, 0) is 4.74 Å². The van der Waals surface area contributed by atoms with Crippen LogP contribution in [0, 0.1) is 0 Å². The number of piperidine rings is 1. The van der Waals surface area contributed by atoms with E-state index in [0.717, 1.165) is 31.7 Å². The van der Waals surface area contributed by atoms with Gasteiger partial charge in [-0.3, -0.25) is 0 Å². The van der Waals surface area contributed by atoms with Crippen molar-refractivity contribution in [1.82, 2.24) is 10.6 Å². The van der Waals surface area contributed by atoms with Gasteiger partial charge in [-0.05, 0) is 38.1 Å². The van der Waals surface area contributed by atoms with E-state index >= 15 is 0 Å². The van der Waals surface area contributed by atoms with E-state index in [1.54, 1.807) is 0 Å². The standard InChI is InChI=1S/C10H15ClN2O/c11-10-7-9(3-6-13-10)14-8-1-4-12-5-2-8/h3,6-8,10,12-13H,1-2,4-5H2. The number of rotatable bonds is 2. The minimum absolute atomic E-state index is 0.142. The Hall–Kier alpha value is -0.670. The molecule has 0 saturated carbocycles. The molecule has 14 heavy (non-hydrogen) atoms. The van der Waals surface area contributed by atoms with Crippen LogP contribution in [0.2, 0.25) is 0 Å².